The van der Waals surface area contributed by atoms with E-state index < -0.39 is 11.9 Å². The van der Waals surface area contributed by atoms with Crippen LogP contribution in [0.5, 0.6) is 0 Å². The summed E-state index contributed by atoms with van der Waals surface area (Å²) in [6.07, 6.45) is 3.54. The summed E-state index contributed by atoms with van der Waals surface area (Å²) in [5, 5.41) is 4.07. The predicted octanol–water partition coefficient (Wildman–Crippen LogP) is 4.72. The Balaban J connectivity index is 1.76. The highest BCUT2D eigenvalue weighted by molar-refractivity contribution is 6.31. The Kier molecular flexibility index (Phi) is 5.26. The SMILES string of the molecule is CCC(Nc1ncnc2nc[nH]c12)c1nc2ccc(F)cc2c(=O)n1-c1cccc(Cl)c1C. The Bertz CT molecular complexity index is 1560. The molecule has 33 heavy (non-hydrogen) atoms. The van der Waals surface area contributed by atoms with Crippen molar-refractivity contribution in [1.29, 1.82) is 0 Å². The number of H-pyrrole nitrogens is 1. The second-order valence-corrected chi connectivity index (χ2v) is 7.99. The second-order valence-electron chi connectivity index (χ2n) is 7.58. The zero-order valence-corrected chi connectivity index (χ0v) is 18.6. The summed E-state index contributed by atoms with van der Waals surface area (Å²) in [5.41, 5.74) is 2.49. The maximum atomic E-state index is 14.0. The highest BCUT2D eigenvalue weighted by atomic mass is 35.5. The van der Waals surface area contributed by atoms with E-state index in [1.807, 2.05) is 13.8 Å². The lowest BCUT2D eigenvalue weighted by molar-refractivity contribution is 0.628. The van der Waals surface area contributed by atoms with Gasteiger partial charge in [0, 0.05) is 5.02 Å². The lowest BCUT2D eigenvalue weighted by Crippen LogP contribution is -2.29. The maximum Gasteiger partial charge on any atom is 0.266 e. The third kappa shape index (κ3) is 3.60. The van der Waals surface area contributed by atoms with Gasteiger partial charge in [0.25, 0.3) is 5.56 Å². The first-order valence-corrected chi connectivity index (χ1v) is 10.7. The highest BCUT2D eigenvalue weighted by Crippen LogP contribution is 2.28. The van der Waals surface area contributed by atoms with Crippen molar-refractivity contribution in [1.82, 2.24) is 29.5 Å². The molecule has 2 aromatic carbocycles. The lowest BCUT2D eigenvalue weighted by Gasteiger charge is -2.23. The van der Waals surface area contributed by atoms with Gasteiger partial charge in [0.2, 0.25) is 0 Å². The Hall–Kier alpha value is -3.85. The number of hydrogen-bond acceptors (Lipinski definition) is 6. The molecule has 8 nitrogen and oxygen atoms in total. The van der Waals surface area contributed by atoms with E-state index in [0.717, 1.165) is 0 Å². The van der Waals surface area contributed by atoms with Crippen molar-refractivity contribution in [3.8, 4) is 5.69 Å². The van der Waals surface area contributed by atoms with Crippen molar-refractivity contribution in [2.24, 2.45) is 0 Å². The number of aromatic nitrogens is 6. The standard InChI is InChI=1S/C23H19ClFN7O/c1-3-16(30-21-19-20(27-10-26-19)28-11-29-21)22-31-17-8-7-13(25)9-14(17)23(33)32(22)18-6-4-5-15(24)12(18)2/h4-11,16H,3H2,1-2H3,(H2,26,27,28,29,30). The molecule has 0 aliphatic carbocycles. The molecule has 5 rings (SSSR count). The van der Waals surface area contributed by atoms with Gasteiger partial charge >= 0.3 is 0 Å². The average Bonchev–Trinajstić information content (AvgIpc) is 3.30. The zero-order valence-electron chi connectivity index (χ0n) is 17.8. The number of hydrogen-bond donors (Lipinski definition) is 2. The minimum atomic E-state index is -0.503. The van der Waals surface area contributed by atoms with Crippen molar-refractivity contribution >= 4 is 39.5 Å². The molecule has 0 aliphatic heterocycles. The fourth-order valence-electron chi connectivity index (χ4n) is 3.87. The molecular formula is C23H19ClFN7O. The first-order chi connectivity index (χ1) is 16.0. The molecule has 10 heteroatoms. The first-order valence-electron chi connectivity index (χ1n) is 10.4. The van der Waals surface area contributed by atoms with Crippen LogP contribution in [0.3, 0.4) is 0 Å². The van der Waals surface area contributed by atoms with E-state index >= 15 is 0 Å². The number of fused-ring (bicyclic) bond motifs is 2. The normalized spacial score (nSPS) is 12.4. The zero-order chi connectivity index (χ0) is 23.1. The minimum absolute atomic E-state index is 0.186. The van der Waals surface area contributed by atoms with Gasteiger partial charge in [-0.2, -0.15) is 0 Å². The number of halogens is 2. The number of anilines is 1. The molecule has 0 radical (unpaired) electrons. The Labute approximate surface area is 192 Å². The second kappa shape index (κ2) is 8.25. The number of nitrogens with one attached hydrogen (secondary N) is 2. The lowest BCUT2D eigenvalue weighted by atomic mass is 10.1. The van der Waals surface area contributed by atoms with Crippen LogP contribution in [0.1, 0.15) is 30.8 Å². The summed E-state index contributed by atoms with van der Waals surface area (Å²) in [7, 11) is 0. The van der Waals surface area contributed by atoms with E-state index in [-0.39, 0.29) is 10.9 Å². The van der Waals surface area contributed by atoms with Crippen LogP contribution in [-0.2, 0) is 0 Å². The van der Waals surface area contributed by atoms with Gasteiger partial charge in [-0.1, -0.05) is 24.6 Å². The molecule has 0 amide bonds. The molecule has 0 fully saturated rings. The van der Waals surface area contributed by atoms with Crippen LogP contribution in [0, 0.1) is 12.7 Å². The summed E-state index contributed by atoms with van der Waals surface area (Å²) in [6.45, 7) is 3.80. The van der Waals surface area contributed by atoms with Gasteiger partial charge in [-0.25, -0.2) is 24.3 Å². The molecule has 0 saturated carbocycles. The Morgan fingerprint density at radius 2 is 2.06 bits per heavy atom. The number of imidazole rings is 1. The van der Waals surface area contributed by atoms with E-state index in [1.165, 1.54) is 29.1 Å². The Morgan fingerprint density at radius 3 is 2.88 bits per heavy atom. The first kappa shape index (κ1) is 21.0. The van der Waals surface area contributed by atoms with Crippen LogP contribution in [-0.4, -0.2) is 29.5 Å². The molecule has 1 atom stereocenters. The fourth-order valence-corrected chi connectivity index (χ4v) is 4.04. The fraction of sp³-hybridized carbons (Fsp3) is 0.174. The molecule has 0 saturated heterocycles. The quantitative estimate of drug-likeness (QED) is 0.391. The molecule has 0 bridgehead atoms. The van der Waals surface area contributed by atoms with Crippen molar-refractivity contribution in [2.45, 2.75) is 26.3 Å². The number of benzene rings is 2. The van der Waals surface area contributed by atoms with E-state index in [2.05, 4.69) is 25.3 Å². The highest BCUT2D eigenvalue weighted by Gasteiger charge is 2.23. The summed E-state index contributed by atoms with van der Waals surface area (Å²) >= 11 is 6.37. The van der Waals surface area contributed by atoms with Gasteiger partial charge < -0.3 is 10.3 Å². The van der Waals surface area contributed by atoms with E-state index in [9.17, 15) is 9.18 Å². The van der Waals surface area contributed by atoms with Gasteiger partial charge in [-0.3, -0.25) is 9.36 Å². The van der Waals surface area contributed by atoms with Crippen molar-refractivity contribution < 1.29 is 4.39 Å². The van der Waals surface area contributed by atoms with Gasteiger partial charge in [-0.05, 0) is 49.2 Å². The van der Waals surface area contributed by atoms with Crippen LogP contribution in [0.4, 0.5) is 10.2 Å². The summed E-state index contributed by atoms with van der Waals surface area (Å²) in [4.78, 5) is 34.1. The molecular weight excluding hydrogens is 445 g/mol. The van der Waals surface area contributed by atoms with Crippen molar-refractivity contribution in [3.05, 3.63) is 81.6 Å². The molecule has 3 aromatic heterocycles. The number of rotatable bonds is 5. The number of nitrogens with zero attached hydrogens (tertiary/aromatic N) is 5. The van der Waals surface area contributed by atoms with Crippen molar-refractivity contribution in [3.63, 3.8) is 0 Å². The van der Waals surface area contributed by atoms with E-state index in [0.29, 0.717) is 51.0 Å². The minimum Gasteiger partial charge on any atom is -0.358 e. The molecule has 2 N–H and O–H groups in total. The molecule has 166 valence electrons. The van der Waals surface area contributed by atoms with Gasteiger partial charge in [0.1, 0.15) is 23.5 Å². The third-order valence-corrected chi connectivity index (χ3v) is 6.00. The molecule has 5 aromatic rings. The molecule has 0 spiro atoms. The van der Waals surface area contributed by atoms with Crippen LogP contribution < -0.4 is 10.9 Å². The largest absolute Gasteiger partial charge is 0.358 e. The summed E-state index contributed by atoms with van der Waals surface area (Å²) in [5.74, 6) is 0.488. The van der Waals surface area contributed by atoms with E-state index in [4.69, 9.17) is 16.6 Å². The smallest absolute Gasteiger partial charge is 0.266 e. The van der Waals surface area contributed by atoms with Crippen LogP contribution in [0.2, 0.25) is 5.02 Å². The molecule has 1 unspecified atom stereocenters. The van der Waals surface area contributed by atoms with Crippen molar-refractivity contribution in [2.75, 3.05) is 5.32 Å². The van der Waals surface area contributed by atoms with Gasteiger partial charge in [0.05, 0.1) is 29.0 Å². The average molecular weight is 464 g/mol. The van der Waals surface area contributed by atoms with Crippen LogP contribution >= 0.6 is 11.6 Å². The molecule has 0 aliphatic rings. The molecule has 3 heterocycles. The maximum absolute atomic E-state index is 14.0. The van der Waals surface area contributed by atoms with Crippen LogP contribution in [0.15, 0.2) is 53.8 Å². The van der Waals surface area contributed by atoms with E-state index in [1.54, 1.807) is 24.5 Å². The van der Waals surface area contributed by atoms with Crippen LogP contribution in [0.25, 0.3) is 27.8 Å². The Morgan fingerprint density at radius 1 is 1.21 bits per heavy atom. The third-order valence-electron chi connectivity index (χ3n) is 5.59. The van der Waals surface area contributed by atoms with Gasteiger partial charge in [0.15, 0.2) is 11.5 Å². The van der Waals surface area contributed by atoms with Gasteiger partial charge in [-0.15, -0.1) is 0 Å². The summed E-state index contributed by atoms with van der Waals surface area (Å²) in [6, 6.07) is 8.91. The number of aromatic amines is 1. The summed E-state index contributed by atoms with van der Waals surface area (Å²) < 4.78 is 15.5. The topological polar surface area (TPSA) is 101 Å². The monoisotopic (exact) mass is 463 g/mol. The predicted molar refractivity (Wildman–Crippen MR) is 125 cm³/mol.